The minimum Gasteiger partial charge on any atom is -0.376 e. The van der Waals surface area contributed by atoms with Crippen molar-refractivity contribution in [2.75, 3.05) is 24.6 Å². The van der Waals surface area contributed by atoms with Crippen molar-refractivity contribution in [2.24, 2.45) is 5.92 Å². The van der Waals surface area contributed by atoms with Gasteiger partial charge in [-0.05, 0) is 43.7 Å². The summed E-state index contributed by atoms with van der Waals surface area (Å²) in [5.41, 5.74) is 1.53. The summed E-state index contributed by atoms with van der Waals surface area (Å²) in [6.07, 6.45) is 0.716. The lowest BCUT2D eigenvalue weighted by Crippen LogP contribution is -2.55. The van der Waals surface area contributed by atoms with Gasteiger partial charge in [-0.15, -0.1) is 0 Å². The van der Waals surface area contributed by atoms with E-state index in [4.69, 9.17) is 4.74 Å². The molecule has 1 aromatic rings. The molecule has 3 aliphatic rings. The summed E-state index contributed by atoms with van der Waals surface area (Å²) >= 11 is 0. The Morgan fingerprint density at radius 3 is 2.96 bits per heavy atom. The van der Waals surface area contributed by atoms with E-state index in [0.29, 0.717) is 24.1 Å². The van der Waals surface area contributed by atoms with Crippen molar-refractivity contribution in [1.82, 2.24) is 10.3 Å². The van der Waals surface area contributed by atoms with E-state index in [1.54, 1.807) is 0 Å². The molecule has 2 atom stereocenters. The second-order valence-electron chi connectivity index (χ2n) is 7.05. The van der Waals surface area contributed by atoms with Crippen molar-refractivity contribution in [3.8, 4) is 0 Å². The Bertz CT molecular complexity index is 591. The summed E-state index contributed by atoms with van der Waals surface area (Å²) in [4.78, 5) is 6.58. The largest absolute Gasteiger partial charge is 0.376 e. The molecule has 1 N–H and O–H groups in total. The summed E-state index contributed by atoms with van der Waals surface area (Å²) < 4.78 is 32.6. The number of nitrogens with zero attached hydrogens (tertiary/aromatic N) is 2. The minimum atomic E-state index is -2.56. The number of fused-ring (bicyclic) bond motifs is 3. The molecule has 1 saturated carbocycles. The molecule has 2 aliphatic heterocycles. The van der Waals surface area contributed by atoms with Gasteiger partial charge in [-0.1, -0.05) is 0 Å². The van der Waals surface area contributed by atoms with Crippen LogP contribution in [0.3, 0.4) is 0 Å². The van der Waals surface area contributed by atoms with Crippen molar-refractivity contribution in [3.05, 3.63) is 22.9 Å². The van der Waals surface area contributed by atoms with Gasteiger partial charge in [0.25, 0.3) is 6.43 Å². The molecule has 126 valence electrons. The SMILES string of the molecule is C[C@@H]1CNC[C@H]2Cc3cc(COCC4CC4)c(C(F)F)nc3N21. The van der Waals surface area contributed by atoms with E-state index in [0.717, 1.165) is 30.9 Å². The van der Waals surface area contributed by atoms with E-state index in [-0.39, 0.29) is 18.3 Å². The van der Waals surface area contributed by atoms with Gasteiger partial charge in [-0.2, -0.15) is 0 Å². The van der Waals surface area contributed by atoms with Crippen LogP contribution in [0.4, 0.5) is 14.6 Å². The average molecular weight is 323 g/mol. The van der Waals surface area contributed by atoms with Crippen molar-refractivity contribution in [3.63, 3.8) is 0 Å². The van der Waals surface area contributed by atoms with Crippen molar-refractivity contribution >= 4 is 5.82 Å². The van der Waals surface area contributed by atoms with Gasteiger partial charge in [0.1, 0.15) is 11.5 Å². The monoisotopic (exact) mass is 323 g/mol. The molecule has 0 unspecified atom stereocenters. The summed E-state index contributed by atoms with van der Waals surface area (Å²) in [7, 11) is 0. The number of ether oxygens (including phenoxy) is 1. The first-order chi connectivity index (χ1) is 11.1. The number of piperazine rings is 1. The van der Waals surface area contributed by atoms with Crippen LogP contribution in [0.1, 0.15) is 43.0 Å². The molecule has 4 nitrogen and oxygen atoms in total. The third kappa shape index (κ3) is 2.94. The molecular formula is C17H23F2N3O. The highest BCUT2D eigenvalue weighted by Crippen LogP contribution is 2.37. The van der Waals surface area contributed by atoms with Gasteiger partial charge in [0.05, 0.1) is 6.61 Å². The molecule has 4 rings (SSSR count). The van der Waals surface area contributed by atoms with Crippen LogP contribution in [-0.2, 0) is 17.8 Å². The van der Waals surface area contributed by atoms with Crippen LogP contribution in [0.5, 0.6) is 0 Å². The van der Waals surface area contributed by atoms with E-state index in [1.807, 2.05) is 6.07 Å². The lowest BCUT2D eigenvalue weighted by atomic mass is 10.1. The average Bonchev–Trinajstić information content (AvgIpc) is 3.25. The van der Waals surface area contributed by atoms with Crippen molar-refractivity contribution in [2.45, 2.75) is 51.3 Å². The normalized spacial score (nSPS) is 26.5. The molecule has 23 heavy (non-hydrogen) atoms. The first-order valence-electron chi connectivity index (χ1n) is 8.51. The maximum absolute atomic E-state index is 13.5. The fourth-order valence-electron chi connectivity index (χ4n) is 3.73. The molecular weight excluding hydrogens is 300 g/mol. The lowest BCUT2D eigenvalue weighted by Gasteiger charge is -2.37. The molecule has 0 radical (unpaired) electrons. The number of alkyl halides is 2. The Labute approximate surface area is 135 Å². The van der Waals surface area contributed by atoms with Gasteiger partial charge in [0, 0.05) is 37.3 Å². The molecule has 0 amide bonds. The highest BCUT2D eigenvalue weighted by molar-refractivity contribution is 5.57. The van der Waals surface area contributed by atoms with Crippen molar-refractivity contribution in [1.29, 1.82) is 0 Å². The van der Waals surface area contributed by atoms with Crippen LogP contribution in [0.25, 0.3) is 0 Å². The van der Waals surface area contributed by atoms with E-state index in [9.17, 15) is 8.78 Å². The molecule has 0 bridgehead atoms. The van der Waals surface area contributed by atoms with Gasteiger partial charge < -0.3 is 15.0 Å². The predicted molar refractivity (Wildman–Crippen MR) is 83.9 cm³/mol. The molecule has 0 spiro atoms. The van der Waals surface area contributed by atoms with Crippen LogP contribution < -0.4 is 10.2 Å². The molecule has 0 aromatic carbocycles. The number of aromatic nitrogens is 1. The Kier molecular flexibility index (Phi) is 3.97. The number of halogens is 2. The third-order valence-corrected chi connectivity index (χ3v) is 5.09. The molecule has 1 saturated heterocycles. The summed E-state index contributed by atoms with van der Waals surface area (Å²) in [5.74, 6) is 1.39. The zero-order valence-corrected chi connectivity index (χ0v) is 13.4. The highest BCUT2D eigenvalue weighted by atomic mass is 19.3. The fourth-order valence-corrected chi connectivity index (χ4v) is 3.73. The molecule has 1 aromatic heterocycles. The van der Waals surface area contributed by atoms with Gasteiger partial charge in [0.15, 0.2) is 0 Å². The van der Waals surface area contributed by atoms with Crippen molar-refractivity contribution < 1.29 is 13.5 Å². The Hall–Kier alpha value is -1.27. The zero-order valence-electron chi connectivity index (χ0n) is 13.4. The number of hydrogen-bond donors (Lipinski definition) is 1. The summed E-state index contributed by atoms with van der Waals surface area (Å²) in [6.45, 7) is 4.79. The van der Waals surface area contributed by atoms with E-state index in [1.165, 1.54) is 12.8 Å². The molecule has 3 heterocycles. The quantitative estimate of drug-likeness (QED) is 0.904. The second-order valence-corrected chi connectivity index (χ2v) is 7.05. The molecule has 6 heteroatoms. The minimum absolute atomic E-state index is 0.106. The van der Waals surface area contributed by atoms with Gasteiger partial charge in [0.2, 0.25) is 0 Å². The summed E-state index contributed by atoms with van der Waals surface area (Å²) in [5, 5.41) is 3.40. The topological polar surface area (TPSA) is 37.4 Å². The van der Waals surface area contributed by atoms with E-state index >= 15 is 0 Å². The van der Waals surface area contributed by atoms with Crippen LogP contribution in [0, 0.1) is 5.92 Å². The smallest absolute Gasteiger partial charge is 0.280 e. The highest BCUT2D eigenvalue weighted by Gasteiger charge is 2.37. The van der Waals surface area contributed by atoms with Crippen LogP contribution in [0.15, 0.2) is 6.07 Å². The number of hydrogen-bond acceptors (Lipinski definition) is 4. The fraction of sp³-hybridized carbons (Fsp3) is 0.706. The van der Waals surface area contributed by atoms with Gasteiger partial charge in [-0.25, -0.2) is 13.8 Å². The standard InChI is InChI=1S/C17H23F2N3O/c1-10-6-20-7-14-5-12-4-13(9-23-8-11-2-3-11)15(16(18)19)21-17(12)22(10)14/h4,10-11,14,16,20H,2-3,5-9H2,1H3/t10-,14-/m1/s1. The Morgan fingerprint density at radius 1 is 1.39 bits per heavy atom. The number of rotatable bonds is 5. The van der Waals surface area contributed by atoms with E-state index in [2.05, 4.69) is 22.1 Å². The maximum Gasteiger partial charge on any atom is 0.280 e. The van der Waals surface area contributed by atoms with Gasteiger partial charge in [-0.3, -0.25) is 0 Å². The number of anilines is 1. The first-order valence-corrected chi connectivity index (χ1v) is 8.51. The number of pyridine rings is 1. The van der Waals surface area contributed by atoms with Crippen LogP contribution in [0.2, 0.25) is 0 Å². The zero-order chi connectivity index (χ0) is 16.0. The second kappa shape index (κ2) is 5.98. The molecule has 1 aliphatic carbocycles. The van der Waals surface area contributed by atoms with Gasteiger partial charge >= 0.3 is 0 Å². The van der Waals surface area contributed by atoms with Crippen LogP contribution >= 0.6 is 0 Å². The predicted octanol–water partition coefficient (Wildman–Crippen LogP) is 2.67. The Morgan fingerprint density at radius 2 is 2.22 bits per heavy atom. The Balaban J connectivity index is 1.60. The first kappa shape index (κ1) is 15.3. The third-order valence-electron chi connectivity index (χ3n) is 5.09. The van der Waals surface area contributed by atoms with E-state index < -0.39 is 6.43 Å². The summed E-state index contributed by atoms with van der Waals surface area (Å²) in [6, 6.07) is 2.52. The van der Waals surface area contributed by atoms with Crippen LogP contribution in [-0.4, -0.2) is 36.8 Å². The number of nitrogens with one attached hydrogen (secondary N) is 1. The maximum atomic E-state index is 13.5. The molecule has 2 fully saturated rings. The lowest BCUT2D eigenvalue weighted by molar-refractivity contribution is 0.102.